The highest BCUT2D eigenvalue weighted by atomic mass is 32.1. The Hall–Kier alpha value is -1.43. The van der Waals surface area contributed by atoms with Crippen molar-refractivity contribution < 1.29 is 9.32 Å². The largest absolute Gasteiger partial charge is 0.392 e. The minimum Gasteiger partial charge on any atom is -0.392 e. The van der Waals surface area contributed by atoms with Crippen LogP contribution in [0.15, 0.2) is 16.9 Å². The Morgan fingerprint density at radius 3 is 2.88 bits per heavy atom. The minimum absolute atomic E-state index is 0.103. The Kier molecular flexibility index (Phi) is 2.91. The third-order valence-electron chi connectivity index (χ3n) is 3.03. The number of nitrogens with two attached hydrogens (primary N) is 1. The first-order chi connectivity index (χ1) is 7.65. The van der Waals surface area contributed by atoms with Gasteiger partial charge < -0.3 is 15.6 Å². The fraction of sp³-hybridized carbons (Fsp3) is 0.500. The van der Waals surface area contributed by atoms with Gasteiger partial charge >= 0.3 is 0 Å². The van der Waals surface area contributed by atoms with Crippen LogP contribution < -0.4 is 11.1 Å². The number of hydrogen-bond acceptors (Lipinski definition) is 4. The summed E-state index contributed by atoms with van der Waals surface area (Å²) >= 11 is 4.95. The Labute approximate surface area is 98.4 Å². The van der Waals surface area contributed by atoms with Gasteiger partial charge in [-0.2, -0.15) is 0 Å². The monoisotopic (exact) mass is 239 g/mol. The molecule has 1 aromatic heterocycles. The third-order valence-corrected chi connectivity index (χ3v) is 3.43. The van der Waals surface area contributed by atoms with Crippen molar-refractivity contribution in [2.75, 3.05) is 0 Å². The average Bonchev–Trinajstić information content (AvgIpc) is 2.64. The highest BCUT2D eigenvalue weighted by Gasteiger charge is 2.46. The molecule has 1 aliphatic rings. The first kappa shape index (κ1) is 11.1. The van der Waals surface area contributed by atoms with Crippen molar-refractivity contribution in [3.8, 4) is 0 Å². The van der Waals surface area contributed by atoms with Crippen molar-refractivity contribution in [3.05, 3.63) is 18.0 Å². The fourth-order valence-electron chi connectivity index (χ4n) is 1.78. The Balaban J connectivity index is 1.95. The second-order valence-electron chi connectivity index (χ2n) is 3.97. The molecule has 0 unspecified atom stereocenters. The van der Waals surface area contributed by atoms with Crippen LogP contribution in [0.1, 0.15) is 25.0 Å². The first-order valence-electron chi connectivity index (χ1n) is 5.13. The molecule has 0 atom stereocenters. The molecular formula is C10H13N3O2S. The molecule has 5 nitrogen and oxygen atoms in total. The van der Waals surface area contributed by atoms with E-state index in [4.69, 9.17) is 18.0 Å². The molecule has 0 radical (unpaired) electrons. The van der Waals surface area contributed by atoms with Gasteiger partial charge in [-0.1, -0.05) is 23.8 Å². The molecule has 0 spiro atoms. The predicted molar refractivity (Wildman–Crippen MR) is 61.4 cm³/mol. The molecule has 0 aliphatic heterocycles. The zero-order valence-electron chi connectivity index (χ0n) is 8.73. The Bertz CT molecular complexity index is 398. The molecular weight excluding hydrogens is 226 g/mol. The molecule has 86 valence electrons. The summed E-state index contributed by atoms with van der Waals surface area (Å²) in [4.78, 5) is 12.2. The van der Waals surface area contributed by atoms with E-state index in [0.717, 1.165) is 19.3 Å². The number of hydrogen-bond donors (Lipinski definition) is 2. The van der Waals surface area contributed by atoms with Gasteiger partial charge in [0.25, 0.3) is 0 Å². The van der Waals surface area contributed by atoms with Crippen LogP contribution in [-0.4, -0.2) is 16.1 Å². The quantitative estimate of drug-likeness (QED) is 0.758. The second kappa shape index (κ2) is 4.21. The molecule has 0 saturated heterocycles. The van der Waals surface area contributed by atoms with Gasteiger partial charge in [0.2, 0.25) is 5.91 Å². The predicted octanol–water partition coefficient (Wildman–Crippen LogP) is 0.747. The molecule has 3 N–H and O–H groups in total. The van der Waals surface area contributed by atoms with Gasteiger partial charge in [-0.05, 0) is 12.8 Å². The van der Waals surface area contributed by atoms with Crippen LogP contribution in [0.3, 0.4) is 0 Å². The third kappa shape index (κ3) is 1.80. The minimum atomic E-state index is -0.626. The summed E-state index contributed by atoms with van der Waals surface area (Å²) < 4.78 is 4.67. The van der Waals surface area contributed by atoms with Crippen LogP contribution in [0.5, 0.6) is 0 Å². The number of rotatable bonds is 4. The van der Waals surface area contributed by atoms with Crippen LogP contribution >= 0.6 is 12.2 Å². The van der Waals surface area contributed by atoms with E-state index in [1.54, 1.807) is 6.07 Å². The molecule has 0 bridgehead atoms. The number of aromatic nitrogens is 1. The van der Waals surface area contributed by atoms with E-state index in [0.29, 0.717) is 12.2 Å². The molecule has 1 aromatic rings. The van der Waals surface area contributed by atoms with Gasteiger partial charge in [0, 0.05) is 6.07 Å². The number of nitrogens with one attached hydrogen (secondary N) is 1. The summed E-state index contributed by atoms with van der Waals surface area (Å²) in [5.74, 6) is -0.103. The van der Waals surface area contributed by atoms with Gasteiger partial charge in [-0.15, -0.1) is 0 Å². The lowest BCUT2D eigenvalue weighted by atomic mass is 9.68. The van der Waals surface area contributed by atoms with Crippen molar-refractivity contribution in [1.82, 2.24) is 10.5 Å². The summed E-state index contributed by atoms with van der Waals surface area (Å²) in [6, 6.07) is 1.70. The number of thiocarbonyl (C=S) groups is 1. The Morgan fingerprint density at radius 2 is 2.44 bits per heavy atom. The van der Waals surface area contributed by atoms with E-state index in [-0.39, 0.29) is 10.9 Å². The highest BCUT2D eigenvalue weighted by molar-refractivity contribution is 7.80. The molecule has 1 saturated carbocycles. The first-order valence-corrected chi connectivity index (χ1v) is 5.53. The van der Waals surface area contributed by atoms with Gasteiger partial charge in [-0.3, -0.25) is 4.79 Å². The van der Waals surface area contributed by atoms with E-state index in [1.165, 1.54) is 6.26 Å². The number of carbonyl (C=O) groups is 1. The number of carbonyl (C=O) groups excluding carboxylic acids is 1. The molecule has 16 heavy (non-hydrogen) atoms. The molecule has 1 amide bonds. The van der Waals surface area contributed by atoms with E-state index in [9.17, 15) is 4.79 Å². The van der Waals surface area contributed by atoms with Crippen LogP contribution in [0.4, 0.5) is 0 Å². The van der Waals surface area contributed by atoms with Crippen molar-refractivity contribution >= 4 is 23.1 Å². The van der Waals surface area contributed by atoms with Gasteiger partial charge in [0.15, 0.2) is 0 Å². The standard InChI is InChI=1S/C10H13N3O2S/c11-8(16)10(3-1-4-10)9(14)12-6-7-2-5-15-13-7/h2,5H,1,3-4,6H2,(H2,11,16)(H,12,14). The van der Waals surface area contributed by atoms with E-state index >= 15 is 0 Å². The van der Waals surface area contributed by atoms with Gasteiger partial charge in [0.1, 0.15) is 12.0 Å². The summed E-state index contributed by atoms with van der Waals surface area (Å²) in [5.41, 5.74) is 5.68. The second-order valence-corrected chi connectivity index (χ2v) is 4.41. The highest BCUT2D eigenvalue weighted by Crippen LogP contribution is 2.41. The maximum Gasteiger partial charge on any atom is 0.233 e. The summed E-state index contributed by atoms with van der Waals surface area (Å²) in [5, 5.41) is 6.49. The molecule has 2 rings (SSSR count). The average molecular weight is 239 g/mol. The maximum atomic E-state index is 11.9. The topological polar surface area (TPSA) is 81.2 Å². The molecule has 1 fully saturated rings. The van der Waals surface area contributed by atoms with Crippen molar-refractivity contribution in [2.45, 2.75) is 25.8 Å². The summed E-state index contributed by atoms with van der Waals surface area (Å²) in [6.45, 7) is 0.347. The van der Waals surface area contributed by atoms with Gasteiger partial charge in [0.05, 0.1) is 16.9 Å². The molecule has 1 aliphatic carbocycles. The van der Waals surface area contributed by atoms with Gasteiger partial charge in [-0.25, -0.2) is 0 Å². The van der Waals surface area contributed by atoms with Crippen LogP contribution in [0.2, 0.25) is 0 Å². The zero-order valence-corrected chi connectivity index (χ0v) is 9.55. The van der Waals surface area contributed by atoms with E-state index in [2.05, 4.69) is 15.0 Å². The normalized spacial score (nSPS) is 17.5. The van der Waals surface area contributed by atoms with Crippen LogP contribution in [0, 0.1) is 5.41 Å². The number of nitrogens with zero attached hydrogens (tertiary/aromatic N) is 1. The van der Waals surface area contributed by atoms with E-state index in [1.807, 2.05) is 0 Å². The SMILES string of the molecule is NC(=S)C1(C(=O)NCc2ccon2)CCC1. The lowest BCUT2D eigenvalue weighted by Gasteiger charge is -2.38. The van der Waals surface area contributed by atoms with Crippen LogP contribution in [-0.2, 0) is 11.3 Å². The fourth-order valence-corrected chi connectivity index (χ4v) is 2.08. The van der Waals surface area contributed by atoms with Crippen molar-refractivity contribution in [1.29, 1.82) is 0 Å². The summed E-state index contributed by atoms with van der Waals surface area (Å²) in [6.07, 6.45) is 3.95. The maximum absolute atomic E-state index is 11.9. The van der Waals surface area contributed by atoms with Crippen molar-refractivity contribution in [3.63, 3.8) is 0 Å². The molecule has 6 heteroatoms. The van der Waals surface area contributed by atoms with E-state index < -0.39 is 5.41 Å². The zero-order chi connectivity index (χ0) is 11.6. The molecule has 0 aromatic carbocycles. The lowest BCUT2D eigenvalue weighted by molar-refractivity contribution is -0.131. The molecule has 1 heterocycles. The smallest absolute Gasteiger partial charge is 0.233 e. The lowest BCUT2D eigenvalue weighted by Crippen LogP contribution is -2.52. The number of amides is 1. The van der Waals surface area contributed by atoms with Crippen LogP contribution in [0.25, 0.3) is 0 Å². The Morgan fingerprint density at radius 1 is 1.69 bits per heavy atom. The van der Waals surface area contributed by atoms with Crippen molar-refractivity contribution in [2.24, 2.45) is 11.1 Å². The summed E-state index contributed by atoms with van der Waals surface area (Å²) in [7, 11) is 0.